The standard InChI is InChI=1S/C19H24BrN5O2S/c1-10-13-4-11(19(13,2)3)5-14(10)23-15-7-22-25(18(27)17(15)20)8-12(26)6-16-24-21-9-28-16/h7,9-11,13-14,23H,4-6,8H2,1-3H3/t10-,11+,13-,14-/m1/s1. The molecular formula is C19H24BrN5O2S. The fourth-order valence-corrected chi connectivity index (χ4v) is 5.86. The molecule has 3 fully saturated rings. The summed E-state index contributed by atoms with van der Waals surface area (Å²) in [5.74, 6) is 1.87. The molecule has 0 saturated heterocycles. The van der Waals surface area contributed by atoms with Crippen LogP contribution >= 0.6 is 27.3 Å². The summed E-state index contributed by atoms with van der Waals surface area (Å²) in [6.45, 7) is 6.97. The summed E-state index contributed by atoms with van der Waals surface area (Å²) in [5, 5.41) is 16.0. The summed E-state index contributed by atoms with van der Waals surface area (Å²) in [5.41, 5.74) is 2.41. The van der Waals surface area contributed by atoms with Gasteiger partial charge in [-0.25, -0.2) is 4.68 Å². The maximum Gasteiger partial charge on any atom is 0.283 e. The van der Waals surface area contributed by atoms with E-state index in [1.807, 2.05) is 0 Å². The highest BCUT2D eigenvalue weighted by atomic mass is 79.9. The van der Waals surface area contributed by atoms with E-state index >= 15 is 0 Å². The van der Waals surface area contributed by atoms with Gasteiger partial charge in [0.15, 0.2) is 5.78 Å². The number of fused-ring (bicyclic) bond motifs is 2. The van der Waals surface area contributed by atoms with Crippen molar-refractivity contribution in [3.05, 3.63) is 31.5 Å². The van der Waals surface area contributed by atoms with E-state index in [1.165, 1.54) is 22.4 Å². The van der Waals surface area contributed by atoms with Crippen LogP contribution in [-0.4, -0.2) is 31.8 Å². The molecule has 0 aromatic carbocycles. The molecule has 0 aliphatic heterocycles. The lowest BCUT2D eigenvalue weighted by molar-refractivity contribution is -0.119. The topological polar surface area (TPSA) is 89.8 Å². The molecule has 3 aliphatic carbocycles. The first-order valence-electron chi connectivity index (χ1n) is 9.56. The Morgan fingerprint density at radius 2 is 2.21 bits per heavy atom. The number of carbonyl (C=O) groups is 1. The van der Waals surface area contributed by atoms with Crippen LogP contribution in [0.3, 0.4) is 0 Å². The summed E-state index contributed by atoms with van der Waals surface area (Å²) in [7, 11) is 0. The van der Waals surface area contributed by atoms with Crippen LogP contribution in [0.5, 0.6) is 0 Å². The molecule has 9 heteroatoms. The van der Waals surface area contributed by atoms with E-state index < -0.39 is 0 Å². The van der Waals surface area contributed by atoms with Crippen molar-refractivity contribution in [2.24, 2.45) is 23.2 Å². The number of aromatic nitrogens is 4. The van der Waals surface area contributed by atoms with Crippen LogP contribution in [0.4, 0.5) is 5.69 Å². The second-order valence-electron chi connectivity index (χ2n) is 8.59. The van der Waals surface area contributed by atoms with E-state index in [0.717, 1.165) is 12.3 Å². The van der Waals surface area contributed by atoms with Crippen LogP contribution in [0.15, 0.2) is 21.0 Å². The maximum atomic E-state index is 12.7. The number of nitrogens with zero attached hydrogens (tertiary/aromatic N) is 4. The second-order valence-corrected chi connectivity index (χ2v) is 10.3. The maximum absolute atomic E-state index is 12.7. The van der Waals surface area contributed by atoms with Crippen LogP contribution in [0, 0.1) is 23.2 Å². The Hall–Kier alpha value is -1.61. The van der Waals surface area contributed by atoms with Gasteiger partial charge in [-0.05, 0) is 51.9 Å². The summed E-state index contributed by atoms with van der Waals surface area (Å²) >= 11 is 4.73. The quantitative estimate of drug-likeness (QED) is 0.704. The van der Waals surface area contributed by atoms with Crippen molar-refractivity contribution in [2.45, 2.75) is 52.6 Å². The third-order valence-electron chi connectivity index (χ3n) is 6.76. The summed E-state index contributed by atoms with van der Waals surface area (Å²) in [6.07, 6.45) is 4.22. The average Bonchev–Trinajstić information content (AvgIpc) is 3.15. The largest absolute Gasteiger partial charge is 0.380 e. The summed E-state index contributed by atoms with van der Waals surface area (Å²) in [6, 6.07) is 0.337. The molecule has 0 amide bonds. The van der Waals surface area contributed by atoms with Gasteiger partial charge in [-0.2, -0.15) is 5.10 Å². The van der Waals surface area contributed by atoms with Gasteiger partial charge in [-0.15, -0.1) is 21.5 Å². The highest BCUT2D eigenvalue weighted by Crippen LogP contribution is 2.61. The van der Waals surface area contributed by atoms with Gasteiger partial charge in [0.05, 0.1) is 18.3 Å². The Morgan fingerprint density at radius 3 is 2.86 bits per heavy atom. The van der Waals surface area contributed by atoms with Crippen LogP contribution in [-0.2, 0) is 17.8 Å². The van der Waals surface area contributed by atoms with Gasteiger partial charge >= 0.3 is 0 Å². The number of Topliss-reactive ketones (excluding diaryl/α,β-unsaturated/α-hetero) is 1. The highest BCUT2D eigenvalue weighted by Gasteiger charge is 2.56. The molecule has 2 aromatic heterocycles. The number of ketones is 1. The van der Waals surface area contributed by atoms with Gasteiger partial charge in [0, 0.05) is 6.04 Å². The van der Waals surface area contributed by atoms with Gasteiger partial charge in [0.25, 0.3) is 5.56 Å². The van der Waals surface area contributed by atoms with Crippen LogP contribution in [0.2, 0.25) is 0 Å². The predicted octanol–water partition coefficient (Wildman–Crippen LogP) is 3.15. The number of carbonyl (C=O) groups excluding carboxylic acids is 1. The van der Waals surface area contributed by atoms with Gasteiger partial charge in [-0.1, -0.05) is 20.8 Å². The van der Waals surface area contributed by atoms with Gasteiger partial charge in [0.1, 0.15) is 21.5 Å². The third kappa shape index (κ3) is 3.43. The van der Waals surface area contributed by atoms with Crippen molar-refractivity contribution in [3.63, 3.8) is 0 Å². The van der Waals surface area contributed by atoms with E-state index in [-0.39, 0.29) is 24.3 Å². The molecule has 5 rings (SSSR count). The lowest BCUT2D eigenvalue weighted by Crippen LogP contribution is -2.58. The minimum atomic E-state index is -0.301. The normalized spacial score (nSPS) is 27.9. The van der Waals surface area contributed by atoms with Gasteiger partial charge in [0.2, 0.25) is 0 Å². The Kier molecular flexibility index (Phi) is 5.16. The van der Waals surface area contributed by atoms with E-state index in [0.29, 0.717) is 38.5 Å². The molecule has 1 N–H and O–H groups in total. The molecular weight excluding hydrogens is 442 g/mol. The van der Waals surface area contributed by atoms with E-state index in [4.69, 9.17) is 0 Å². The molecule has 4 atom stereocenters. The van der Waals surface area contributed by atoms with E-state index in [2.05, 4.69) is 57.3 Å². The first kappa shape index (κ1) is 19.7. The summed E-state index contributed by atoms with van der Waals surface area (Å²) in [4.78, 5) is 24.9. The van der Waals surface area contributed by atoms with Crippen molar-refractivity contribution < 1.29 is 4.79 Å². The van der Waals surface area contributed by atoms with Crippen molar-refractivity contribution in [1.82, 2.24) is 20.0 Å². The third-order valence-corrected chi connectivity index (χ3v) is 8.22. The number of hydrogen-bond acceptors (Lipinski definition) is 7. The molecule has 2 aromatic rings. The van der Waals surface area contributed by atoms with Crippen molar-refractivity contribution in [3.8, 4) is 0 Å². The summed E-state index contributed by atoms with van der Waals surface area (Å²) < 4.78 is 1.63. The molecule has 7 nitrogen and oxygen atoms in total. The van der Waals surface area contributed by atoms with E-state index in [1.54, 1.807) is 11.7 Å². The molecule has 28 heavy (non-hydrogen) atoms. The van der Waals surface area contributed by atoms with Crippen molar-refractivity contribution in [1.29, 1.82) is 0 Å². The molecule has 0 unspecified atom stereocenters. The lowest BCUT2D eigenvalue weighted by atomic mass is 9.45. The lowest BCUT2D eigenvalue weighted by Gasteiger charge is -2.62. The molecule has 3 aliphatic rings. The first-order chi connectivity index (χ1) is 13.3. The zero-order valence-electron chi connectivity index (χ0n) is 16.2. The minimum Gasteiger partial charge on any atom is -0.380 e. The molecule has 150 valence electrons. The first-order valence-corrected chi connectivity index (χ1v) is 11.2. The minimum absolute atomic E-state index is 0.0739. The van der Waals surface area contributed by atoms with Crippen LogP contribution in [0.1, 0.15) is 38.6 Å². The molecule has 2 bridgehead atoms. The highest BCUT2D eigenvalue weighted by molar-refractivity contribution is 9.10. The monoisotopic (exact) mass is 465 g/mol. The Bertz CT molecular complexity index is 942. The van der Waals surface area contributed by atoms with Crippen LogP contribution < -0.4 is 10.9 Å². The SMILES string of the molecule is C[C@@H]1[C@H]2C[C@@H](C[C@H]1Nc1cnn(CC(=O)Cc3nncs3)c(=O)c1Br)C2(C)C. The fraction of sp³-hybridized carbons (Fsp3) is 0.632. The number of halogens is 1. The van der Waals surface area contributed by atoms with Crippen molar-refractivity contribution >= 4 is 38.7 Å². The van der Waals surface area contributed by atoms with Crippen LogP contribution in [0.25, 0.3) is 0 Å². The number of anilines is 1. The zero-order chi connectivity index (χ0) is 20.1. The van der Waals surface area contributed by atoms with Gasteiger partial charge < -0.3 is 5.32 Å². The average molecular weight is 466 g/mol. The molecule has 0 radical (unpaired) electrons. The van der Waals surface area contributed by atoms with E-state index in [9.17, 15) is 9.59 Å². The molecule has 3 saturated carbocycles. The molecule has 2 heterocycles. The smallest absolute Gasteiger partial charge is 0.283 e. The zero-order valence-corrected chi connectivity index (χ0v) is 18.6. The Labute approximate surface area is 176 Å². The van der Waals surface area contributed by atoms with Crippen molar-refractivity contribution in [2.75, 3.05) is 5.32 Å². The predicted molar refractivity (Wildman–Crippen MR) is 111 cm³/mol. The second kappa shape index (κ2) is 7.33. The Balaban J connectivity index is 1.45. The fourth-order valence-electron chi connectivity index (χ4n) is 4.88. The number of hydrogen-bond donors (Lipinski definition) is 1. The molecule has 0 spiro atoms. The number of nitrogens with one attached hydrogen (secondary N) is 1. The Morgan fingerprint density at radius 1 is 1.43 bits per heavy atom. The number of rotatable bonds is 6. The van der Waals surface area contributed by atoms with Gasteiger partial charge in [-0.3, -0.25) is 9.59 Å².